The largest absolute Gasteiger partial charge is 0.392 e. The number of thioether (sulfide) groups is 1. The molecule has 0 heterocycles. The number of hydrogen-bond donors (Lipinski definition) is 2. The number of aliphatic hydroxyl groups excluding tert-OH is 1. The van der Waals surface area contributed by atoms with Crippen LogP contribution >= 0.6 is 11.8 Å². The van der Waals surface area contributed by atoms with Crippen LogP contribution in [0.2, 0.25) is 0 Å². The highest BCUT2D eigenvalue weighted by Gasteiger charge is 2.39. The maximum atomic E-state index is 10.4. The standard InChI is InChI=1S/C14H29NOS/c1-3-4-12-5-8-14(11-15,9-6-12)13(16)7-10-17-2/h12-13,16H,3-11,15H2,1-2H3. The van der Waals surface area contributed by atoms with Gasteiger partial charge in [-0.25, -0.2) is 0 Å². The Morgan fingerprint density at radius 1 is 1.41 bits per heavy atom. The highest BCUT2D eigenvalue weighted by Crippen LogP contribution is 2.43. The van der Waals surface area contributed by atoms with Crippen LogP contribution in [-0.4, -0.2) is 29.8 Å². The third kappa shape index (κ3) is 4.15. The minimum Gasteiger partial charge on any atom is -0.392 e. The Morgan fingerprint density at radius 3 is 2.53 bits per heavy atom. The second-order valence-corrected chi connectivity index (χ2v) is 6.58. The molecule has 0 spiro atoms. The van der Waals surface area contributed by atoms with Crippen LogP contribution in [0.25, 0.3) is 0 Å². The van der Waals surface area contributed by atoms with Gasteiger partial charge in [0.1, 0.15) is 0 Å². The fraction of sp³-hybridized carbons (Fsp3) is 1.00. The zero-order chi connectivity index (χ0) is 12.7. The molecule has 0 aromatic rings. The predicted molar refractivity (Wildman–Crippen MR) is 77.4 cm³/mol. The fourth-order valence-corrected chi connectivity index (χ4v) is 3.62. The first-order valence-corrected chi connectivity index (χ1v) is 8.45. The normalized spacial score (nSPS) is 31.4. The molecule has 1 aliphatic carbocycles. The Labute approximate surface area is 111 Å². The molecule has 1 unspecified atom stereocenters. The molecule has 0 radical (unpaired) electrons. The minimum absolute atomic E-state index is 0.0277. The molecule has 102 valence electrons. The molecule has 0 aromatic carbocycles. The number of hydrogen-bond acceptors (Lipinski definition) is 3. The van der Waals surface area contributed by atoms with E-state index in [9.17, 15) is 5.11 Å². The van der Waals surface area contributed by atoms with Crippen LogP contribution < -0.4 is 5.73 Å². The van der Waals surface area contributed by atoms with Crippen molar-refractivity contribution in [1.82, 2.24) is 0 Å². The van der Waals surface area contributed by atoms with E-state index >= 15 is 0 Å². The van der Waals surface area contributed by atoms with E-state index in [1.807, 2.05) is 11.8 Å². The van der Waals surface area contributed by atoms with E-state index in [1.165, 1.54) is 25.7 Å². The lowest BCUT2D eigenvalue weighted by molar-refractivity contribution is -0.0101. The van der Waals surface area contributed by atoms with Gasteiger partial charge in [-0.1, -0.05) is 19.8 Å². The SMILES string of the molecule is CCCC1CCC(CN)(C(O)CCSC)CC1. The molecule has 1 fully saturated rings. The van der Waals surface area contributed by atoms with Gasteiger partial charge in [0.15, 0.2) is 0 Å². The van der Waals surface area contributed by atoms with Crippen molar-refractivity contribution in [3.63, 3.8) is 0 Å². The van der Waals surface area contributed by atoms with Crippen LogP contribution in [0.15, 0.2) is 0 Å². The highest BCUT2D eigenvalue weighted by atomic mass is 32.2. The summed E-state index contributed by atoms with van der Waals surface area (Å²) in [7, 11) is 0. The molecular weight excluding hydrogens is 230 g/mol. The lowest BCUT2D eigenvalue weighted by atomic mass is 9.66. The average molecular weight is 259 g/mol. The summed E-state index contributed by atoms with van der Waals surface area (Å²) < 4.78 is 0. The van der Waals surface area contributed by atoms with Gasteiger partial charge < -0.3 is 10.8 Å². The van der Waals surface area contributed by atoms with Gasteiger partial charge in [0.05, 0.1) is 6.10 Å². The molecule has 2 nitrogen and oxygen atoms in total. The molecule has 1 saturated carbocycles. The molecule has 1 aliphatic rings. The van der Waals surface area contributed by atoms with Crippen molar-refractivity contribution < 1.29 is 5.11 Å². The molecular formula is C14H29NOS. The van der Waals surface area contributed by atoms with Crippen LogP contribution in [0.1, 0.15) is 51.9 Å². The minimum atomic E-state index is -0.192. The Hall–Kier alpha value is 0.270. The van der Waals surface area contributed by atoms with E-state index in [0.717, 1.165) is 30.9 Å². The molecule has 0 aromatic heterocycles. The molecule has 0 saturated heterocycles. The van der Waals surface area contributed by atoms with Gasteiger partial charge in [-0.3, -0.25) is 0 Å². The highest BCUT2D eigenvalue weighted by molar-refractivity contribution is 7.98. The zero-order valence-electron chi connectivity index (χ0n) is 11.5. The van der Waals surface area contributed by atoms with Gasteiger partial charge >= 0.3 is 0 Å². The second kappa shape index (κ2) is 7.65. The van der Waals surface area contributed by atoms with Gasteiger partial charge in [0, 0.05) is 12.0 Å². The van der Waals surface area contributed by atoms with Crippen LogP contribution in [0.5, 0.6) is 0 Å². The molecule has 0 bridgehead atoms. The maximum absolute atomic E-state index is 10.4. The van der Waals surface area contributed by atoms with E-state index in [0.29, 0.717) is 6.54 Å². The van der Waals surface area contributed by atoms with Crippen LogP contribution in [-0.2, 0) is 0 Å². The Morgan fingerprint density at radius 2 is 2.06 bits per heavy atom. The summed E-state index contributed by atoms with van der Waals surface area (Å²) in [4.78, 5) is 0. The average Bonchev–Trinajstić information content (AvgIpc) is 2.37. The van der Waals surface area contributed by atoms with Crippen molar-refractivity contribution in [3.8, 4) is 0 Å². The molecule has 17 heavy (non-hydrogen) atoms. The molecule has 0 aliphatic heterocycles. The van der Waals surface area contributed by atoms with Crippen LogP contribution in [0, 0.1) is 11.3 Å². The van der Waals surface area contributed by atoms with Crippen molar-refractivity contribution in [1.29, 1.82) is 0 Å². The number of nitrogens with two attached hydrogens (primary N) is 1. The van der Waals surface area contributed by atoms with Crippen molar-refractivity contribution >= 4 is 11.8 Å². The summed E-state index contributed by atoms with van der Waals surface area (Å²) in [6.45, 7) is 2.92. The van der Waals surface area contributed by atoms with Crippen molar-refractivity contribution in [3.05, 3.63) is 0 Å². The molecule has 1 rings (SSSR count). The van der Waals surface area contributed by atoms with Gasteiger partial charge in [-0.05, 0) is 50.0 Å². The topological polar surface area (TPSA) is 46.2 Å². The van der Waals surface area contributed by atoms with Crippen molar-refractivity contribution in [2.75, 3.05) is 18.6 Å². The summed E-state index contributed by atoms with van der Waals surface area (Å²) in [5.74, 6) is 1.92. The quantitative estimate of drug-likeness (QED) is 0.739. The first-order valence-electron chi connectivity index (χ1n) is 7.05. The third-order valence-electron chi connectivity index (χ3n) is 4.51. The van der Waals surface area contributed by atoms with E-state index in [-0.39, 0.29) is 11.5 Å². The second-order valence-electron chi connectivity index (χ2n) is 5.60. The summed E-state index contributed by atoms with van der Waals surface area (Å²) in [6, 6.07) is 0. The van der Waals surface area contributed by atoms with Crippen LogP contribution in [0.3, 0.4) is 0 Å². The summed E-state index contributed by atoms with van der Waals surface area (Å²) in [6.07, 6.45) is 10.2. The summed E-state index contributed by atoms with van der Waals surface area (Å²) in [5, 5.41) is 10.4. The molecule has 1 atom stereocenters. The predicted octanol–water partition coefficient (Wildman–Crippen LogP) is 3.04. The lowest BCUT2D eigenvalue weighted by Gasteiger charge is -2.43. The summed E-state index contributed by atoms with van der Waals surface area (Å²) >= 11 is 1.81. The Balaban J connectivity index is 2.48. The zero-order valence-corrected chi connectivity index (χ0v) is 12.3. The Kier molecular flexibility index (Phi) is 6.90. The fourth-order valence-electron chi connectivity index (χ4n) is 3.16. The number of aliphatic hydroxyl groups is 1. The monoisotopic (exact) mass is 259 g/mol. The van der Waals surface area contributed by atoms with E-state index in [1.54, 1.807) is 0 Å². The number of rotatable bonds is 7. The molecule has 0 amide bonds. The maximum Gasteiger partial charge on any atom is 0.0616 e. The van der Waals surface area contributed by atoms with Gasteiger partial charge in [-0.15, -0.1) is 0 Å². The van der Waals surface area contributed by atoms with E-state index < -0.39 is 0 Å². The first-order chi connectivity index (χ1) is 8.18. The van der Waals surface area contributed by atoms with Crippen LogP contribution in [0.4, 0.5) is 0 Å². The lowest BCUT2D eigenvalue weighted by Crippen LogP contribution is -2.44. The van der Waals surface area contributed by atoms with Gasteiger partial charge in [-0.2, -0.15) is 11.8 Å². The van der Waals surface area contributed by atoms with E-state index in [4.69, 9.17) is 5.73 Å². The van der Waals surface area contributed by atoms with E-state index in [2.05, 4.69) is 13.2 Å². The smallest absolute Gasteiger partial charge is 0.0616 e. The summed E-state index contributed by atoms with van der Waals surface area (Å²) in [5.41, 5.74) is 5.99. The molecule has 3 N–H and O–H groups in total. The Bertz CT molecular complexity index is 202. The third-order valence-corrected chi connectivity index (χ3v) is 5.15. The van der Waals surface area contributed by atoms with Gasteiger partial charge in [0.25, 0.3) is 0 Å². The molecule has 3 heteroatoms. The van der Waals surface area contributed by atoms with Crippen molar-refractivity contribution in [2.24, 2.45) is 17.1 Å². The van der Waals surface area contributed by atoms with Crippen molar-refractivity contribution in [2.45, 2.75) is 58.0 Å². The van der Waals surface area contributed by atoms with Gasteiger partial charge in [0.2, 0.25) is 0 Å². The first kappa shape index (κ1) is 15.3.